The molecule has 0 bridgehead atoms. The quantitative estimate of drug-likeness (QED) is 0.458. The van der Waals surface area contributed by atoms with Gasteiger partial charge >= 0.3 is 0 Å². The molecule has 0 aliphatic heterocycles. The number of halogens is 1. The van der Waals surface area contributed by atoms with Gasteiger partial charge in [0.15, 0.2) is 0 Å². The molecule has 0 radical (unpaired) electrons. The van der Waals surface area contributed by atoms with Crippen LogP contribution in [-0.2, 0) is 17.8 Å². The molecule has 7 heteroatoms. The fourth-order valence-electron chi connectivity index (χ4n) is 3.37. The van der Waals surface area contributed by atoms with Gasteiger partial charge < -0.3 is 14.4 Å². The molecule has 1 N–H and O–H groups in total. The van der Waals surface area contributed by atoms with Crippen molar-refractivity contribution in [2.75, 3.05) is 0 Å². The predicted molar refractivity (Wildman–Crippen MR) is 115 cm³/mol. The van der Waals surface area contributed by atoms with Crippen LogP contribution in [0.5, 0.6) is 0 Å². The third-order valence-corrected chi connectivity index (χ3v) is 5.01. The van der Waals surface area contributed by atoms with Crippen molar-refractivity contribution < 1.29 is 13.7 Å². The molecule has 2 aromatic heterocycles. The topological polar surface area (TPSA) is 73.0 Å². The molecule has 1 atom stereocenters. The summed E-state index contributed by atoms with van der Waals surface area (Å²) in [6, 6.07) is 19.8. The molecule has 1 amide bonds. The van der Waals surface area contributed by atoms with Crippen LogP contribution in [0.2, 0.25) is 0 Å². The van der Waals surface area contributed by atoms with Crippen LogP contribution >= 0.6 is 0 Å². The van der Waals surface area contributed by atoms with Crippen molar-refractivity contribution >= 4 is 5.91 Å². The van der Waals surface area contributed by atoms with Gasteiger partial charge in [-0.15, -0.1) is 0 Å². The number of nitrogens with one attached hydrogen (secondary N) is 1. The zero-order valence-electron chi connectivity index (χ0n) is 17.2. The predicted octanol–water partition coefficient (Wildman–Crippen LogP) is 4.48. The van der Waals surface area contributed by atoms with E-state index in [0.717, 1.165) is 12.8 Å². The molecule has 158 valence electrons. The molecule has 6 nitrogen and oxygen atoms in total. The molecule has 0 saturated heterocycles. The van der Waals surface area contributed by atoms with Crippen molar-refractivity contribution in [1.82, 2.24) is 20.0 Å². The normalized spacial score (nSPS) is 11.9. The zero-order chi connectivity index (χ0) is 21.6. The van der Waals surface area contributed by atoms with E-state index >= 15 is 0 Å². The lowest BCUT2D eigenvalue weighted by atomic mass is 10.1. The second kappa shape index (κ2) is 9.38. The highest BCUT2D eigenvalue weighted by Gasteiger charge is 2.16. The number of hydrogen-bond donors (Lipinski definition) is 1. The minimum atomic E-state index is -0.328. The average Bonchev–Trinajstić information content (AvgIpc) is 3.43. The van der Waals surface area contributed by atoms with Crippen molar-refractivity contribution in [1.29, 1.82) is 0 Å². The van der Waals surface area contributed by atoms with Gasteiger partial charge in [-0.05, 0) is 61.7 Å². The van der Waals surface area contributed by atoms with Gasteiger partial charge in [0.2, 0.25) is 11.7 Å². The second-order valence-corrected chi connectivity index (χ2v) is 7.44. The van der Waals surface area contributed by atoms with E-state index in [1.165, 1.54) is 17.7 Å². The first-order valence-corrected chi connectivity index (χ1v) is 10.2. The summed E-state index contributed by atoms with van der Waals surface area (Å²) in [7, 11) is 0. The summed E-state index contributed by atoms with van der Waals surface area (Å²) in [4.78, 5) is 16.9. The number of aromatic nitrogens is 3. The van der Waals surface area contributed by atoms with Crippen molar-refractivity contribution in [3.63, 3.8) is 0 Å². The summed E-state index contributed by atoms with van der Waals surface area (Å²) in [5, 5.41) is 7.01. The summed E-state index contributed by atoms with van der Waals surface area (Å²) in [6.07, 6.45) is 3.56. The number of carbonyl (C=O) groups is 1. The fourth-order valence-corrected chi connectivity index (χ4v) is 3.37. The van der Waals surface area contributed by atoms with E-state index in [9.17, 15) is 9.18 Å². The van der Waals surface area contributed by atoms with Crippen LogP contribution in [0.15, 0.2) is 77.4 Å². The van der Waals surface area contributed by atoms with Crippen molar-refractivity contribution in [2.24, 2.45) is 0 Å². The molecule has 0 aliphatic rings. The van der Waals surface area contributed by atoms with Gasteiger partial charge in [-0.2, -0.15) is 4.98 Å². The van der Waals surface area contributed by atoms with Crippen molar-refractivity contribution in [3.8, 4) is 23.0 Å². The SMILES string of the molecule is C[C@H](CCc1ccccc1)NC(=O)Cn1cccc1-c1nc(-c2ccc(F)cc2)no1. The highest BCUT2D eigenvalue weighted by Crippen LogP contribution is 2.23. The lowest BCUT2D eigenvalue weighted by Gasteiger charge is -2.15. The monoisotopic (exact) mass is 418 g/mol. The fraction of sp³-hybridized carbons (Fsp3) is 0.208. The Morgan fingerprint density at radius 1 is 1.10 bits per heavy atom. The first-order chi connectivity index (χ1) is 15.1. The summed E-state index contributed by atoms with van der Waals surface area (Å²) >= 11 is 0. The molecule has 4 aromatic rings. The van der Waals surface area contributed by atoms with Crippen molar-refractivity contribution in [2.45, 2.75) is 32.4 Å². The largest absolute Gasteiger partial charge is 0.352 e. The van der Waals surface area contributed by atoms with E-state index in [4.69, 9.17) is 4.52 Å². The smallest absolute Gasteiger partial charge is 0.274 e. The third kappa shape index (κ3) is 5.25. The molecular formula is C24H23FN4O2. The van der Waals surface area contributed by atoms with Crippen molar-refractivity contribution in [3.05, 3.63) is 84.3 Å². The first kappa shape index (κ1) is 20.5. The summed E-state index contributed by atoms with van der Waals surface area (Å²) < 4.78 is 20.3. The zero-order valence-corrected chi connectivity index (χ0v) is 17.2. The Kier molecular flexibility index (Phi) is 6.21. The van der Waals surface area contributed by atoms with Gasteiger partial charge in [0.1, 0.15) is 18.1 Å². The minimum absolute atomic E-state index is 0.0557. The molecule has 0 saturated carbocycles. The molecule has 0 unspecified atom stereocenters. The number of hydrogen-bond acceptors (Lipinski definition) is 4. The second-order valence-electron chi connectivity index (χ2n) is 7.44. The maximum Gasteiger partial charge on any atom is 0.274 e. The Hall–Kier alpha value is -3.74. The van der Waals surface area contributed by atoms with E-state index in [2.05, 4.69) is 27.6 Å². The Balaban J connectivity index is 1.37. The van der Waals surface area contributed by atoms with Crippen LogP contribution < -0.4 is 5.32 Å². The maximum atomic E-state index is 13.1. The number of nitrogens with zero attached hydrogens (tertiary/aromatic N) is 3. The molecule has 2 aromatic carbocycles. The van der Waals surface area contributed by atoms with Gasteiger partial charge in [0.25, 0.3) is 5.89 Å². The molecule has 0 spiro atoms. The van der Waals surface area contributed by atoms with E-state index in [1.54, 1.807) is 22.9 Å². The Morgan fingerprint density at radius 3 is 2.65 bits per heavy atom. The van der Waals surface area contributed by atoms with Crippen LogP contribution in [0.25, 0.3) is 23.0 Å². The number of carbonyl (C=O) groups excluding carboxylic acids is 1. The first-order valence-electron chi connectivity index (χ1n) is 10.2. The maximum absolute atomic E-state index is 13.1. The highest BCUT2D eigenvalue weighted by molar-refractivity contribution is 5.76. The number of aryl methyl sites for hydroxylation is 1. The molecule has 0 fully saturated rings. The summed E-state index contributed by atoms with van der Waals surface area (Å²) in [6.45, 7) is 2.15. The van der Waals surface area contributed by atoms with Crippen LogP contribution in [0.1, 0.15) is 18.9 Å². The summed E-state index contributed by atoms with van der Waals surface area (Å²) in [5.41, 5.74) is 2.55. The molecule has 2 heterocycles. The lowest BCUT2D eigenvalue weighted by Crippen LogP contribution is -2.35. The number of benzene rings is 2. The Labute approximate surface area is 179 Å². The van der Waals surface area contributed by atoms with Gasteiger partial charge in [-0.3, -0.25) is 4.79 Å². The minimum Gasteiger partial charge on any atom is -0.352 e. The highest BCUT2D eigenvalue weighted by atomic mass is 19.1. The van der Waals surface area contributed by atoms with E-state index in [0.29, 0.717) is 23.0 Å². The van der Waals surface area contributed by atoms with Gasteiger partial charge in [-0.25, -0.2) is 4.39 Å². The molecule has 31 heavy (non-hydrogen) atoms. The number of amides is 1. The molecular weight excluding hydrogens is 395 g/mol. The summed E-state index contributed by atoms with van der Waals surface area (Å²) in [5.74, 6) is 0.248. The average molecular weight is 418 g/mol. The van der Waals surface area contributed by atoms with Crippen LogP contribution in [0.4, 0.5) is 4.39 Å². The van der Waals surface area contributed by atoms with Crippen LogP contribution in [-0.4, -0.2) is 26.7 Å². The van der Waals surface area contributed by atoms with E-state index in [-0.39, 0.29) is 24.3 Å². The Bertz CT molecular complexity index is 1140. The van der Waals surface area contributed by atoms with Crippen LogP contribution in [0, 0.1) is 5.82 Å². The standard InChI is InChI=1S/C24H23FN4O2/c1-17(9-10-18-6-3-2-4-7-18)26-22(30)16-29-15-5-8-21(29)24-27-23(28-31-24)19-11-13-20(25)14-12-19/h2-8,11-15,17H,9-10,16H2,1H3,(H,26,30)/t17-/m1/s1. The van der Waals surface area contributed by atoms with Gasteiger partial charge in [0.05, 0.1) is 0 Å². The Morgan fingerprint density at radius 2 is 1.87 bits per heavy atom. The lowest BCUT2D eigenvalue weighted by molar-refractivity contribution is -0.122. The van der Waals surface area contributed by atoms with Gasteiger partial charge in [-0.1, -0.05) is 35.5 Å². The van der Waals surface area contributed by atoms with E-state index < -0.39 is 0 Å². The van der Waals surface area contributed by atoms with Crippen LogP contribution in [0.3, 0.4) is 0 Å². The van der Waals surface area contributed by atoms with Gasteiger partial charge in [0, 0.05) is 17.8 Å². The van der Waals surface area contributed by atoms with E-state index in [1.807, 2.05) is 37.3 Å². The number of rotatable bonds is 8. The third-order valence-electron chi connectivity index (χ3n) is 5.01. The molecule has 4 rings (SSSR count). The molecule has 0 aliphatic carbocycles.